The van der Waals surface area contributed by atoms with Crippen molar-refractivity contribution in [1.29, 1.82) is 0 Å². The number of hydrogen-bond donors (Lipinski definition) is 2. The fourth-order valence-electron chi connectivity index (χ4n) is 3.32. The molecule has 0 radical (unpaired) electrons. The Morgan fingerprint density at radius 3 is 2.63 bits per heavy atom. The van der Waals surface area contributed by atoms with E-state index in [1.165, 1.54) is 25.7 Å². The molecule has 1 aromatic heterocycles. The molecule has 0 spiro atoms. The molecule has 5 heteroatoms. The van der Waals surface area contributed by atoms with Gasteiger partial charge in [0.2, 0.25) is 0 Å². The summed E-state index contributed by atoms with van der Waals surface area (Å²) >= 11 is 0. The standard InChI is InChI=1S/C14H22N4O/c19-14(11-9-15-16-10-11)17-12-5-7-18(8-6-12)13-3-1-2-4-13/h9-10,12-13H,1-8H2,(H,15,16)(H,17,19). The minimum atomic E-state index is -0.00642. The number of amides is 1. The van der Waals surface area contributed by atoms with Crippen LogP contribution in [0.5, 0.6) is 0 Å². The molecule has 0 unspecified atom stereocenters. The molecular formula is C14H22N4O. The normalized spacial score (nSPS) is 22.7. The number of likely N-dealkylation sites (tertiary alicyclic amines) is 1. The van der Waals surface area contributed by atoms with Gasteiger partial charge in [-0.2, -0.15) is 5.10 Å². The molecule has 19 heavy (non-hydrogen) atoms. The molecule has 1 saturated heterocycles. The van der Waals surface area contributed by atoms with Crippen molar-refractivity contribution in [3.05, 3.63) is 18.0 Å². The summed E-state index contributed by atoms with van der Waals surface area (Å²) in [5, 5.41) is 9.59. The lowest BCUT2D eigenvalue weighted by molar-refractivity contribution is 0.0892. The molecule has 0 aromatic carbocycles. The van der Waals surface area contributed by atoms with Crippen LogP contribution in [0, 0.1) is 0 Å². The Balaban J connectivity index is 1.46. The average Bonchev–Trinajstić information content (AvgIpc) is 3.13. The number of hydrogen-bond acceptors (Lipinski definition) is 3. The second-order valence-electron chi connectivity index (χ2n) is 5.71. The van der Waals surface area contributed by atoms with Gasteiger partial charge in [-0.1, -0.05) is 12.8 Å². The monoisotopic (exact) mass is 262 g/mol. The number of carbonyl (C=O) groups excluding carboxylic acids is 1. The Labute approximate surface area is 113 Å². The number of nitrogens with zero attached hydrogens (tertiary/aromatic N) is 2. The summed E-state index contributed by atoms with van der Waals surface area (Å²) in [4.78, 5) is 14.5. The summed E-state index contributed by atoms with van der Waals surface area (Å²) in [6, 6.07) is 1.13. The van der Waals surface area contributed by atoms with E-state index in [0.29, 0.717) is 11.6 Å². The molecule has 0 bridgehead atoms. The van der Waals surface area contributed by atoms with Crippen LogP contribution in [0.15, 0.2) is 12.4 Å². The summed E-state index contributed by atoms with van der Waals surface area (Å²) in [6.45, 7) is 2.25. The van der Waals surface area contributed by atoms with E-state index >= 15 is 0 Å². The third kappa shape index (κ3) is 2.97. The van der Waals surface area contributed by atoms with Crippen LogP contribution < -0.4 is 5.32 Å². The first-order valence-corrected chi connectivity index (χ1v) is 7.36. The molecule has 104 valence electrons. The average molecular weight is 262 g/mol. The fourth-order valence-corrected chi connectivity index (χ4v) is 3.32. The SMILES string of the molecule is O=C(NC1CCN(C2CCCC2)CC1)c1cn[nH]c1. The molecule has 1 saturated carbocycles. The second-order valence-corrected chi connectivity index (χ2v) is 5.71. The van der Waals surface area contributed by atoms with Crippen molar-refractivity contribution in [1.82, 2.24) is 20.4 Å². The van der Waals surface area contributed by atoms with Gasteiger partial charge in [-0.25, -0.2) is 0 Å². The molecule has 2 fully saturated rings. The Morgan fingerprint density at radius 1 is 1.26 bits per heavy atom. The Kier molecular flexibility index (Phi) is 3.82. The van der Waals surface area contributed by atoms with Gasteiger partial charge in [0.15, 0.2) is 0 Å². The van der Waals surface area contributed by atoms with Gasteiger partial charge < -0.3 is 10.2 Å². The molecule has 2 N–H and O–H groups in total. The van der Waals surface area contributed by atoms with Crippen molar-refractivity contribution in [2.45, 2.75) is 50.6 Å². The Hall–Kier alpha value is -1.36. The van der Waals surface area contributed by atoms with E-state index in [2.05, 4.69) is 20.4 Å². The minimum absolute atomic E-state index is 0.00642. The van der Waals surface area contributed by atoms with Crippen LogP contribution in [0.2, 0.25) is 0 Å². The largest absolute Gasteiger partial charge is 0.349 e. The summed E-state index contributed by atoms with van der Waals surface area (Å²) in [5.74, 6) is -0.00642. The van der Waals surface area contributed by atoms with Crippen molar-refractivity contribution in [3.8, 4) is 0 Å². The summed E-state index contributed by atoms with van der Waals surface area (Å²) in [5.41, 5.74) is 0.623. The lowest BCUT2D eigenvalue weighted by Gasteiger charge is -2.36. The topological polar surface area (TPSA) is 61.0 Å². The predicted molar refractivity (Wildman–Crippen MR) is 72.9 cm³/mol. The van der Waals surface area contributed by atoms with Gasteiger partial charge >= 0.3 is 0 Å². The van der Waals surface area contributed by atoms with Crippen LogP contribution in [0.25, 0.3) is 0 Å². The van der Waals surface area contributed by atoms with Crippen LogP contribution in [-0.2, 0) is 0 Å². The van der Waals surface area contributed by atoms with E-state index in [1.807, 2.05) is 0 Å². The minimum Gasteiger partial charge on any atom is -0.349 e. The van der Waals surface area contributed by atoms with Gasteiger partial charge in [0.25, 0.3) is 5.91 Å². The number of nitrogens with one attached hydrogen (secondary N) is 2. The maximum Gasteiger partial charge on any atom is 0.254 e. The zero-order valence-electron chi connectivity index (χ0n) is 11.3. The molecule has 1 aliphatic carbocycles. The van der Waals surface area contributed by atoms with Gasteiger partial charge in [-0.15, -0.1) is 0 Å². The van der Waals surface area contributed by atoms with E-state index in [-0.39, 0.29) is 5.91 Å². The van der Waals surface area contributed by atoms with Crippen LogP contribution in [0.1, 0.15) is 48.9 Å². The van der Waals surface area contributed by atoms with Gasteiger partial charge in [-0.05, 0) is 25.7 Å². The number of aromatic amines is 1. The molecule has 1 amide bonds. The third-order valence-corrected chi connectivity index (χ3v) is 4.47. The zero-order valence-corrected chi connectivity index (χ0v) is 11.3. The molecule has 2 heterocycles. The van der Waals surface area contributed by atoms with Gasteiger partial charge in [0.05, 0.1) is 11.8 Å². The van der Waals surface area contributed by atoms with E-state index in [4.69, 9.17) is 0 Å². The number of aromatic nitrogens is 2. The van der Waals surface area contributed by atoms with Gasteiger partial charge in [0.1, 0.15) is 0 Å². The lowest BCUT2D eigenvalue weighted by Crippen LogP contribution is -2.47. The fraction of sp³-hybridized carbons (Fsp3) is 0.714. The van der Waals surface area contributed by atoms with Crippen molar-refractivity contribution in [3.63, 3.8) is 0 Å². The maximum atomic E-state index is 11.9. The second kappa shape index (κ2) is 5.74. The van der Waals surface area contributed by atoms with Crippen LogP contribution in [-0.4, -0.2) is 46.2 Å². The van der Waals surface area contributed by atoms with Crippen LogP contribution in [0.4, 0.5) is 0 Å². The highest BCUT2D eigenvalue weighted by molar-refractivity contribution is 5.93. The molecule has 1 aliphatic heterocycles. The summed E-state index contributed by atoms with van der Waals surface area (Å²) in [6.07, 6.45) is 10.9. The highest BCUT2D eigenvalue weighted by Crippen LogP contribution is 2.26. The summed E-state index contributed by atoms with van der Waals surface area (Å²) < 4.78 is 0. The molecule has 2 aliphatic rings. The molecular weight excluding hydrogens is 240 g/mol. The maximum absolute atomic E-state index is 11.9. The number of piperidine rings is 1. The smallest absolute Gasteiger partial charge is 0.254 e. The molecule has 5 nitrogen and oxygen atoms in total. The number of H-pyrrole nitrogens is 1. The highest BCUT2D eigenvalue weighted by atomic mass is 16.1. The Bertz CT molecular complexity index is 403. The summed E-state index contributed by atoms with van der Waals surface area (Å²) in [7, 11) is 0. The molecule has 3 rings (SSSR count). The zero-order chi connectivity index (χ0) is 13.1. The third-order valence-electron chi connectivity index (χ3n) is 4.47. The van der Waals surface area contributed by atoms with E-state index in [9.17, 15) is 4.79 Å². The van der Waals surface area contributed by atoms with Crippen molar-refractivity contribution in [2.24, 2.45) is 0 Å². The van der Waals surface area contributed by atoms with Crippen molar-refractivity contribution in [2.75, 3.05) is 13.1 Å². The quantitative estimate of drug-likeness (QED) is 0.868. The number of carbonyl (C=O) groups is 1. The Morgan fingerprint density at radius 2 is 2.00 bits per heavy atom. The predicted octanol–water partition coefficient (Wildman–Crippen LogP) is 1.55. The van der Waals surface area contributed by atoms with Crippen LogP contribution >= 0.6 is 0 Å². The highest BCUT2D eigenvalue weighted by Gasteiger charge is 2.27. The first-order valence-electron chi connectivity index (χ1n) is 7.36. The molecule has 1 aromatic rings. The number of rotatable bonds is 3. The lowest BCUT2D eigenvalue weighted by atomic mass is 10.0. The van der Waals surface area contributed by atoms with Gasteiger partial charge in [0, 0.05) is 31.4 Å². The van der Waals surface area contributed by atoms with Crippen molar-refractivity contribution < 1.29 is 4.79 Å². The van der Waals surface area contributed by atoms with Crippen molar-refractivity contribution >= 4 is 5.91 Å². The van der Waals surface area contributed by atoms with E-state index in [1.54, 1.807) is 12.4 Å². The molecule has 0 atom stereocenters. The first-order chi connectivity index (χ1) is 9.33. The van der Waals surface area contributed by atoms with Crippen LogP contribution in [0.3, 0.4) is 0 Å². The van der Waals surface area contributed by atoms with Gasteiger partial charge in [-0.3, -0.25) is 9.89 Å². The first kappa shape index (κ1) is 12.7. The van der Waals surface area contributed by atoms with E-state index < -0.39 is 0 Å². The van der Waals surface area contributed by atoms with E-state index in [0.717, 1.165) is 32.0 Å².